The van der Waals surface area contributed by atoms with Crippen LogP contribution in [0.5, 0.6) is 0 Å². The van der Waals surface area contributed by atoms with Gasteiger partial charge in [0.2, 0.25) is 5.91 Å². The van der Waals surface area contributed by atoms with Crippen LogP contribution < -0.4 is 0 Å². The minimum atomic E-state index is -0.982. The lowest BCUT2D eigenvalue weighted by atomic mass is 10.1. The summed E-state index contributed by atoms with van der Waals surface area (Å²) in [7, 11) is 0. The number of carbonyl (C=O) groups is 2. The minimum absolute atomic E-state index is 0.00260. The zero-order chi connectivity index (χ0) is 13.1. The van der Waals surface area contributed by atoms with Crippen LogP contribution in [0.15, 0.2) is 0 Å². The highest BCUT2D eigenvalue weighted by atomic mass is 16.5. The number of carboxylic acids is 1. The molecule has 2 unspecified atom stereocenters. The lowest BCUT2D eigenvalue weighted by Gasteiger charge is -2.36. The summed E-state index contributed by atoms with van der Waals surface area (Å²) in [5, 5.41) is 9.14. The standard InChI is InChI=1S/C12H20N2O4/c1-2-13-5-3-4-9(13)6-14-10(12(16)17)7-18-8-11(14)15/h9-10H,2-8H2,1H3,(H,16,17). The van der Waals surface area contributed by atoms with Gasteiger partial charge >= 0.3 is 5.97 Å². The molecule has 2 aliphatic rings. The van der Waals surface area contributed by atoms with Crippen molar-refractivity contribution < 1.29 is 19.4 Å². The van der Waals surface area contributed by atoms with Crippen molar-refractivity contribution in [3.05, 3.63) is 0 Å². The van der Waals surface area contributed by atoms with Gasteiger partial charge in [-0.05, 0) is 25.9 Å². The molecule has 2 saturated heterocycles. The number of nitrogens with zero attached hydrogens (tertiary/aromatic N) is 2. The van der Waals surface area contributed by atoms with Crippen molar-refractivity contribution in [1.29, 1.82) is 0 Å². The van der Waals surface area contributed by atoms with Gasteiger partial charge in [-0.15, -0.1) is 0 Å². The molecule has 2 heterocycles. The number of carbonyl (C=O) groups excluding carboxylic acids is 1. The van der Waals surface area contributed by atoms with E-state index in [-0.39, 0.29) is 19.1 Å². The number of rotatable bonds is 4. The maximum absolute atomic E-state index is 11.8. The van der Waals surface area contributed by atoms with Crippen LogP contribution in [0.3, 0.4) is 0 Å². The third-order valence-corrected chi connectivity index (χ3v) is 3.80. The molecule has 6 heteroatoms. The summed E-state index contributed by atoms with van der Waals surface area (Å²) < 4.78 is 5.02. The topological polar surface area (TPSA) is 70.1 Å². The Hall–Kier alpha value is -1.14. The number of ether oxygens (including phenoxy) is 1. The van der Waals surface area contributed by atoms with Crippen molar-refractivity contribution in [3.63, 3.8) is 0 Å². The lowest BCUT2D eigenvalue weighted by molar-refractivity contribution is -0.163. The van der Waals surface area contributed by atoms with Crippen LogP contribution in [0, 0.1) is 0 Å². The van der Waals surface area contributed by atoms with E-state index in [1.807, 2.05) is 0 Å². The van der Waals surface area contributed by atoms with Crippen LogP contribution in [0.2, 0.25) is 0 Å². The molecule has 0 saturated carbocycles. The van der Waals surface area contributed by atoms with Crippen LogP contribution in [0.25, 0.3) is 0 Å². The van der Waals surface area contributed by atoms with Gasteiger partial charge in [0, 0.05) is 12.6 Å². The van der Waals surface area contributed by atoms with E-state index in [9.17, 15) is 9.59 Å². The summed E-state index contributed by atoms with van der Waals surface area (Å²) >= 11 is 0. The van der Waals surface area contributed by atoms with Crippen molar-refractivity contribution >= 4 is 11.9 Å². The first kappa shape index (κ1) is 13.3. The Morgan fingerprint density at radius 2 is 2.33 bits per heavy atom. The quantitative estimate of drug-likeness (QED) is 0.753. The zero-order valence-electron chi connectivity index (χ0n) is 10.7. The Bertz CT molecular complexity index is 334. The summed E-state index contributed by atoms with van der Waals surface area (Å²) in [6.07, 6.45) is 2.15. The Balaban J connectivity index is 2.04. The molecule has 2 rings (SSSR count). The molecule has 2 aliphatic heterocycles. The van der Waals surface area contributed by atoms with E-state index in [4.69, 9.17) is 9.84 Å². The Labute approximate surface area is 106 Å². The fourth-order valence-electron chi connectivity index (χ4n) is 2.78. The first-order chi connectivity index (χ1) is 8.63. The van der Waals surface area contributed by atoms with E-state index in [1.54, 1.807) is 0 Å². The smallest absolute Gasteiger partial charge is 0.328 e. The number of likely N-dealkylation sites (tertiary alicyclic amines) is 1. The highest BCUT2D eigenvalue weighted by molar-refractivity contribution is 5.85. The molecule has 0 radical (unpaired) electrons. The van der Waals surface area contributed by atoms with E-state index >= 15 is 0 Å². The zero-order valence-corrected chi connectivity index (χ0v) is 10.7. The van der Waals surface area contributed by atoms with Crippen molar-refractivity contribution in [2.24, 2.45) is 0 Å². The third kappa shape index (κ3) is 2.64. The normalized spacial score (nSPS) is 29.8. The molecule has 0 aromatic carbocycles. The maximum atomic E-state index is 11.8. The monoisotopic (exact) mass is 256 g/mol. The Kier molecular flexibility index (Phi) is 4.19. The highest BCUT2D eigenvalue weighted by Crippen LogP contribution is 2.20. The van der Waals surface area contributed by atoms with Crippen molar-refractivity contribution in [2.45, 2.75) is 31.8 Å². The second kappa shape index (κ2) is 5.67. The van der Waals surface area contributed by atoms with Gasteiger partial charge in [0.1, 0.15) is 6.61 Å². The summed E-state index contributed by atoms with van der Waals surface area (Å²) in [5.74, 6) is -1.19. The maximum Gasteiger partial charge on any atom is 0.328 e. The average molecular weight is 256 g/mol. The average Bonchev–Trinajstić information content (AvgIpc) is 2.78. The van der Waals surface area contributed by atoms with Crippen LogP contribution in [0.4, 0.5) is 0 Å². The van der Waals surface area contributed by atoms with Gasteiger partial charge in [0.05, 0.1) is 6.61 Å². The Morgan fingerprint density at radius 3 is 3.00 bits per heavy atom. The predicted octanol–water partition coefficient (Wildman–Crippen LogP) is -0.217. The molecule has 0 aromatic rings. The van der Waals surface area contributed by atoms with Crippen LogP contribution in [-0.4, -0.2) is 71.7 Å². The third-order valence-electron chi connectivity index (χ3n) is 3.80. The first-order valence-corrected chi connectivity index (χ1v) is 6.47. The largest absolute Gasteiger partial charge is 0.480 e. The number of hydrogen-bond acceptors (Lipinski definition) is 4. The van der Waals surface area contributed by atoms with E-state index in [1.165, 1.54) is 4.90 Å². The molecule has 0 aromatic heterocycles. The van der Waals surface area contributed by atoms with E-state index in [0.717, 1.165) is 25.9 Å². The van der Waals surface area contributed by atoms with Gasteiger partial charge in [0.25, 0.3) is 0 Å². The van der Waals surface area contributed by atoms with Crippen molar-refractivity contribution in [1.82, 2.24) is 9.80 Å². The molecular weight excluding hydrogens is 236 g/mol. The molecule has 6 nitrogen and oxygen atoms in total. The van der Waals surface area contributed by atoms with E-state index < -0.39 is 12.0 Å². The molecule has 1 N–H and O–H groups in total. The molecule has 2 fully saturated rings. The summed E-state index contributed by atoms with van der Waals surface area (Å²) in [4.78, 5) is 26.7. The van der Waals surface area contributed by atoms with Gasteiger partial charge in [-0.2, -0.15) is 0 Å². The number of hydrogen-bond donors (Lipinski definition) is 1. The number of morpholine rings is 1. The summed E-state index contributed by atoms with van der Waals surface area (Å²) in [6.45, 7) is 4.68. The molecule has 2 atom stereocenters. The van der Waals surface area contributed by atoms with E-state index in [0.29, 0.717) is 12.6 Å². The van der Waals surface area contributed by atoms with Gasteiger partial charge in [-0.3, -0.25) is 9.69 Å². The molecule has 0 bridgehead atoms. The molecule has 1 amide bonds. The first-order valence-electron chi connectivity index (χ1n) is 6.47. The Morgan fingerprint density at radius 1 is 1.56 bits per heavy atom. The molecule has 0 spiro atoms. The summed E-state index contributed by atoms with van der Waals surface area (Å²) in [5.41, 5.74) is 0. The molecule has 0 aliphatic carbocycles. The molecular formula is C12H20N2O4. The van der Waals surface area contributed by atoms with Gasteiger partial charge < -0.3 is 14.7 Å². The number of amides is 1. The number of likely N-dealkylation sites (N-methyl/N-ethyl adjacent to an activating group) is 1. The number of carboxylic acid groups (broad SMARTS) is 1. The SMILES string of the molecule is CCN1CCCC1CN1C(=O)COCC1C(=O)O. The summed E-state index contributed by atoms with van der Waals surface area (Å²) in [6, 6.07) is -0.538. The molecule has 18 heavy (non-hydrogen) atoms. The fourth-order valence-corrected chi connectivity index (χ4v) is 2.78. The highest BCUT2D eigenvalue weighted by Gasteiger charge is 2.37. The van der Waals surface area contributed by atoms with Crippen LogP contribution in [-0.2, 0) is 14.3 Å². The van der Waals surface area contributed by atoms with Gasteiger partial charge in [-0.25, -0.2) is 4.79 Å². The van der Waals surface area contributed by atoms with Gasteiger partial charge in [0.15, 0.2) is 6.04 Å². The molecule has 102 valence electrons. The van der Waals surface area contributed by atoms with Gasteiger partial charge in [-0.1, -0.05) is 6.92 Å². The van der Waals surface area contributed by atoms with Crippen LogP contribution >= 0.6 is 0 Å². The second-order valence-electron chi connectivity index (χ2n) is 4.84. The lowest BCUT2D eigenvalue weighted by Crippen LogP contribution is -2.56. The van der Waals surface area contributed by atoms with Crippen molar-refractivity contribution in [2.75, 3.05) is 32.8 Å². The fraction of sp³-hybridized carbons (Fsp3) is 0.833. The number of aliphatic carboxylic acids is 1. The minimum Gasteiger partial charge on any atom is -0.480 e. The second-order valence-corrected chi connectivity index (χ2v) is 4.84. The predicted molar refractivity (Wildman–Crippen MR) is 64.2 cm³/mol. The van der Waals surface area contributed by atoms with Crippen molar-refractivity contribution in [3.8, 4) is 0 Å². The van der Waals surface area contributed by atoms with E-state index in [2.05, 4.69) is 11.8 Å². The van der Waals surface area contributed by atoms with Crippen LogP contribution in [0.1, 0.15) is 19.8 Å².